The Hall–Kier alpha value is -0.750. The Morgan fingerprint density at radius 1 is 0.658 bits per heavy atom. The Balaban J connectivity index is 2.14. The number of hydrogen-bond acceptors (Lipinski definition) is 5. The summed E-state index contributed by atoms with van der Waals surface area (Å²) < 4.78 is 22.4. The first-order chi connectivity index (χ1) is 18.4. The van der Waals surface area contributed by atoms with Crippen molar-refractivity contribution in [3.8, 4) is 0 Å². The maximum Gasteiger partial charge on any atom is 0.472 e. The summed E-state index contributed by atoms with van der Waals surface area (Å²) in [6.45, 7) is 5.61. The van der Waals surface area contributed by atoms with Crippen molar-refractivity contribution in [1.29, 1.82) is 0 Å². The van der Waals surface area contributed by atoms with Crippen molar-refractivity contribution < 1.29 is 18.5 Å². The summed E-state index contributed by atoms with van der Waals surface area (Å²) in [7, 11) is -0.214. The van der Waals surface area contributed by atoms with E-state index in [2.05, 4.69) is 36.1 Å². The van der Waals surface area contributed by atoms with Gasteiger partial charge in [-0.15, -0.1) is 0 Å². The molecule has 38 heavy (non-hydrogen) atoms. The van der Waals surface area contributed by atoms with E-state index in [0.717, 1.165) is 19.5 Å². The van der Waals surface area contributed by atoms with E-state index in [9.17, 15) is 9.46 Å². The van der Waals surface area contributed by atoms with Crippen LogP contribution in [0.5, 0.6) is 0 Å². The third-order valence-corrected chi connectivity index (χ3v) is 8.05. The van der Waals surface area contributed by atoms with Crippen molar-refractivity contribution in [2.75, 3.05) is 46.9 Å². The number of likely N-dealkylation sites (N-methyl/N-ethyl adjacent to an activating group) is 1. The molecule has 0 saturated carbocycles. The van der Waals surface area contributed by atoms with Crippen molar-refractivity contribution in [3.05, 3.63) is 35.9 Å². The second-order valence-electron chi connectivity index (χ2n) is 11.0. The highest BCUT2D eigenvalue weighted by molar-refractivity contribution is 7.47. The van der Waals surface area contributed by atoms with Gasteiger partial charge in [0.2, 0.25) is 0 Å². The molecule has 0 heterocycles. The van der Waals surface area contributed by atoms with Crippen molar-refractivity contribution in [2.24, 2.45) is 0 Å². The number of phosphoric acid groups is 1. The topological polar surface area (TPSA) is 62.2 Å². The van der Waals surface area contributed by atoms with Gasteiger partial charge in [0.15, 0.2) is 0 Å². The number of unbranched alkanes of at least 4 members (excludes halogenated alkanes) is 15. The van der Waals surface area contributed by atoms with Crippen molar-refractivity contribution in [1.82, 2.24) is 9.80 Å². The Kier molecular flexibility index (Phi) is 22.4. The second-order valence-corrected chi connectivity index (χ2v) is 12.5. The molecule has 0 spiro atoms. The zero-order valence-electron chi connectivity index (χ0n) is 25.0. The van der Waals surface area contributed by atoms with E-state index >= 15 is 0 Å². The van der Waals surface area contributed by atoms with Crippen LogP contribution < -0.4 is 0 Å². The molecule has 7 heteroatoms. The lowest BCUT2D eigenvalue weighted by Crippen LogP contribution is -2.28. The molecule has 1 atom stereocenters. The fraction of sp³-hybridized carbons (Fsp3) is 0.806. The van der Waals surface area contributed by atoms with Crippen LogP contribution in [-0.4, -0.2) is 61.6 Å². The molecule has 0 bridgehead atoms. The Labute approximate surface area is 235 Å². The Bertz CT molecular complexity index is 690. The highest BCUT2D eigenvalue weighted by Gasteiger charge is 2.21. The van der Waals surface area contributed by atoms with Gasteiger partial charge >= 0.3 is 7.82 Å². The van der Waals surface area contributed by atoms with Gasteiger partial charge in [-0.2, -0.15) is 0 Å². The molecule has 0 aromatic heterocycles. The minimum Gasteiger partial charge on any atom is -0.307 e. The quantitative estimate of drug-likeness (QED) is 0.0870. The van der Waals surface area contributed by atoms with Crippen LogP contribution in [0.25, 0.3) is 0 Å². The molecule has 0 fully saturated rings. The summed E-state index contributed by atoms with van der Waals surface area (Å²) in [5, 5.41) is 0. The van der Waals surface area contributed by atoms with Crippen LogP contribution in [0.1, 0.15) is 115 Å². The number of benzene rings is 1. The van der Waals surface area contributed by atoms with Gasteiger partial charge in [-0.1, -0.05) is 134 Å². The molecule has 0 saturated heterocycles. The SMILES string of the molecule is CCCCCCCCCCCCCCCCCCN(CCOP(=O)(O)OCCN(C)C)Cc1ccccc1. The van der Waals surface area contributed by atoms with Crippen molar-refractivity contribution in [2.45, 2.75) is 116 Å². The molecule has 0 amide bonds. The number of rotatable bonds is 27. The summed E-state index contributed by atoms with van der Waals surface area (Å²) in [6.07, 6.45) is 21.9. The van der Waals surface area contributed by atoms with Crippen molar-refractivity contribution in [3.63, 3.8) is 0 Å². The van der Waals surface area contributed by atoms with E-state index in [4.69, 9.17) is 9.05 Å². The molecule has 0 aliphatic heterocycles. The van der Waals surface area contributed by atoms with Gasteiger partial charge in [0.05, 0.1) is 13.2 Å². The maximum atomic E-state index is 12.1. The van der Waals surface area contributed by atoms with Gasteiger partial charge in [0, 0.05) is 19.6 Å². The van der Waals surface area contributed by atoms with E-state index in [0.29, 0.717) is 13.1 Å². The molecular formula is C31H59N2O4P. The third kappa shape index (κ3) is 22.1. The largest absolute Gasteiger partial charge is 0.472 e. The molecule has 1 aromatic rings. The second kappa shape index (κ2) is 24.1. The normalized spacial score (nSPS) is 13.4. The van der Waals surface area contributed by atoms with Crippen LogP contribution in [0.4, 0.5) is 0 Å². The molecule has 0 aliphatic rings. The summed E-state index contributed by atoms with van der Waals surface area (Å²) in [6, 6.07) is 10.4. The average Bonchev–Trinajstić information content (AvgIpc) is 2.88. The van der Waals surface area contributed by atoms with Gasteiger partial charge < -0.3 is 9.79 Å². The molecule has 0 aliphatic carbocycles. The Morgan fingerprint density at radius 3 is 1.58 bits per heavy atom. The smallest absolute Gasteiger partial charge is 0.307 e. The van der Waals surface area contributed by atoms with Crippen LogP contribution in [-0.2, 0) is 20.2 Å². The molecule has 1 unspecified atom stereocenters. The summed E-state index contributed by atoms with van der Waals surface area (Å²) in [4.78, 5) is 14.1. The first-order valence-corrected chi connectivity index (χ1v) is 17.0. The van der Waals surface area contributed by atoms with E-state index in [1.165, 1.54) is 102 Å². The lowest BCUT2D eigenvalue weighted by molar-refractivity contribution is 0.122. The zero-order chi connectivity index (χ0) is 27.7. The van der Waals surface area contributed by atoms with E-state index in [-0.39, 0.29) is 13.2 Å². The minimum atomic E-state index is -4.00. The fourth-order valence-electron chi connectivity index (χ4n) is 4.66. The van der Waals surface area contributed by atoms with Gasteiger partial charge in [0.25, 0.3) is 0 Å². The van der Waals surface area contributed by atoms with Crippen LogP contribution in [0, 0.1) is 0 Å². The van der Waals surface area contributed by atoms with Gasteiger partial charge in [0.1, 0.15) is 0 Å². The number of nitrogens with zero attached hydrogens (tertiary/aromatic N) is 2. The van der Waals surface area contributed by atoms with E-state index < -0.39 is 7.82 Å². The predicted octanol–water partition coefficient (Wildman–Crippen LogP) is 8.45. The fourth-order valence-corrected chi connectivity index (χ4v) is 5.36. The predicted molar refractivity (Wildman–Crippen MR) is 162 cm³/mol. The van der Waals surface area contributed by atoms with Gasteiger partial charge in [-0.25, -0.2) is 4.57 Å². The van der Waals surface area contributed by atoms with Crippen LogP contribution >= 0.6 is 7.82 Å². The number of hydrogen-bond donors (Lipinski definition) is 1. The summed E-state index contributed by atoms with van der Waals surface area (Å²) in [5.74, 6) is 0. The monoisotopic (exact) mass is 554 g/mol. The lowest BCUT2D eigenvalue weighted by Gasteiger charge is -2.23. The summed E-state index contributed by atoms with van der Waals surface area (Å²) >= 11 is 0. The first kappa shape index (κ1) is 35.3. The number of phosphoric ester groups is 1. The third-order valence-electron chi connectivity index (χ3n) is 7.03. The first-order valence-electron chi connectivity index (χ1n) is 15.5. The molecule has 1 N–H and O–H groups in total. The van der Waals surface area contributed by atoms with Crippen molar-refractivity contribution >= 4 is 7.82 Å². The van der Waals surface area contributed by atoms with Gasteiger partial charge in [-0.05, 0) is 32.6 Å². The maximum absolute atomic E-state index is 12.1. The molecule has 1 rings (SSSR count). The van der Waals surface area contributed by atoms with Gasteiger partial charge in [-0.3, -0.25) is 13.9 Å². The summed E-state index contributed by atoms with van der Waals surface area (Å²) in [5.41, 5.74) is 1.25. The highest BCUT2D eigenvalue weighted by atomic mass is 31.2. The van der Waals surface area contributed by atoms with Crippen LogP contribution in [0.15, 0.2) is 30.3 Å². The zero-order valence-corrected chi connectivity index (χ0v) is 25.9. The Morgan fingerprint density at radius 2 is 1.11 bits per heavy atom. The standard InChI is InChI=1S/C31H59N2O4P/c1-4-5-6-7-8-9-10-11-12-13-14-15-16-17-18-22-25-33(30-31-23-20-19-21-24-31)27-29-37-38(34,35)36-28-26-32(2)3/h19-21,23-24H,4-18,22,25-30H2,1-3H3,(H,34,35). The molecular weight excluding hydrogens is 495 g/mol. The van der Waals surface area contributed by atoms with E-state index in [1.54, 1.807) is 0 Å². The average molecular weight is 555 g/mol. The van der Waals surface area contributed by atoms with Crippen LogP contribution in [0.2, 0.25) is 0 Å². The lowest BCUT2D eigenvalue weighted by atomic mass is 10.0. The highest BCUT2D eigenvalue weighted by Crippen LogP contribution is 2.42. The van der Waals surface area contributed by atoms with Crippen LogP contribution in [0.3, 0.4) is 0 Å². The molecule has 222 valence electrons. The minimum absolute atomic E-state index is 0.174. The molecule has 6 nitrogen and oxygen atoms in total. The van der Waals surface area contributed by atoms with E-state index in [1.807, 2.05) is 25.1 Å². The molecule has 1 aromatic carbocycles. The molecule has 0 radical (unpaired) electrons.